The van der Waals surface area contributed by atoms with Crippen LogP contribution in [0.4, 0.5) is 0 Å². The number of hydrogen-bond acceptors (Lipinski definition) is 4. The Morgan fingerprint density at radius 3 is 2.53 bits per heavy atom. The minimum Gasteiger partial charge on any atom is -0.465 e. The van der Waals surface area contributed by atoms with Crippen LogP contribution < -0.4 is 5.46 Å². The van der Waals surface area contributed by atoms with E-state index in [2.05, 4.69) is 4.74 Å². The van der Waals surface area contributed by atoms with E-state index in [0.717, 1.165) is 5.39 Å². The molecule has 0 aliphatic heterocycles. The number of esters is 1. The first-order chi connectivity index (χ1) is 8.15. The van der Waals surface area contributed by atoms with Gasteiger partial charge in [0.15, 0.2) is 0 Å². The Kier molecular flexibility index (Phi) is 3.13. The van der Waals surface area contributed by atoms with Gasteiger partial charge in [0.1, 0.15) is 0 Å². The molecular weight excluding hydrogens is 219 g/mol. The third-order valence-electron chi connectivity index (χ3n) is 2.63. The SMILES string of the molecule is COC(=O)c1c(B(O)O)ccc2ccccc12. The number of hydrogen-bond donors (Lipinski definition) is 2. The van der Waals surface area contributed by atoms with Gasteiger partial charge in [0.2, 0.25) is 0 Å². The molecule has 0 spiro atoms. The predicted octanol–water partition coefficient (Wildman–Crippen LogP) is 0.306. The van der Waals surface area contributed by atoms with Gasteiger partial charge in [-0.15, -0.1) is 0 Å². The molecular formula is C12H11BO4. The fourth-order valence-electron chi connectivity index (χ4n) is 1.83. The van der Waals surface area contributed by atoms with Gasteiger partial charge in [0, 0.05) is 0 Å². The number of fused-ring (bicyclic) bond motifs is 1. The highest BCUT2D eigenvalue weighted by molar-refractivity contribution is 6.61. The Balaban J connectivity index is 2.79. The van der Waals surface area contributed by atoms with Crippen molar-refractivity contribution in [1.29, 1.82) is 0 Å². The Labute approximate surface area is 98.6 Å². The summed E-state index contributed by atoms with van der Waals surface area (Å²) in [5.74, 6) is -0.579. The molecule has 0 bridgehead atoms. The van der Waals surface area contributed by atoms with Crippen molar-refractivity contribution in [3.8, 4) is 0 Å². The minimum atomic E-state index is -1.70. The molecule has 0 saturated heterocycles. The third-order valence-corrected chi connectivity index (χ3v) is 2.63. The van der Waals surface area contributed by atoms with Crippen molar-refractivity contribution in [2.45, 2.75) is 0 Å². The standard InChI is InChI=1S/C12H11BO4/c1-17-12(14)11-9-5-3-2-4-8(9)6-7-10(11)13(15)16/h2-7,15-16H,1H3. The van der Waals surface area contributed by atoms with Crippen LogP contribution in [-0.4, -0.2) is 30.2 Å². The lowest BCUT2D eigenvalue weighted by Crippen LogP contribution is -2.35. The van der Waals surface area contributed by atoms with Gasteiger partial charge < -0.3 is 14.8 Å². The van der Waals surface area contributed by atoms with Gasteiger partial charge in [0.25, 0.3) is 0 Å². The first kappa shape index (κ1) is 11.6. The molecule has 2 aromatic carbocycles. The molecule has 17 heavy (non-hydrogen) atoms. The molecule has 0 aliphatic carbocycles. The molecule has 0 unspecified atom stereocenters. The van der Waals surface area contributed by atoms with Gasteiger partial charge in [-0.25, -0.2) is 4.79 Å². The van der Waals surface area contributed by atoms with Crippen LogP contribution in [0.15, 0.2) is 36.4 Å². The topological polar surface area (TPSA) is 66.8 Å². The molecule has 0 fully saturated rings. The van der Waals surface area contributed by atoms with E-state index in [9.17, 15) is 14.8 Å². The lowest BCUT2D eigenvalue weighted by atomic mass is 9.75. The summed E-state index contributed by atoms with van der Waals surface area (Å²) in [6.07, 6.45) is 0. The quantitative estimate of drug-likeness (QED) is 0.575. The number of rotatable bonds is 2. The maximum absolute atomic E-state index is 11.7. The van der Waals surface area contributed by atoms with Crippen LogP contribution in [0, 0.1) is 0 Å². The molecule has 5 heteroatoms. The highest BCUT2D eigenvalue weighted by Gasteiger charge is 2.23. The summed E-state index contributed by atoms with van der Waals surface area (Å²) in [5, 5.41) is 20.0. The molecule has 2 N–H and O–H groups in total. The lowest BCUT2D eigenvalue weighted by Gasteiger charge is -2.10. The van der Waals surface area contributed by atoms with Crippen LogP contribution in [0.2, 0.25) is 0 Å². The van der Waals surface area contributed by atoms with E-state index in [4.69, 9.17) is 0 Å². The normalized spacial score (nSPS) is 10.3. The fraction of sp³-hybridized carbons (Fsp3) is 0.0833. The number of ether oxygens (including phenoxy) is 1. The van der Waals surface area contributed by atoms with Gasteiger partial charge >= 0.3 is 13.1 Å². The Hall–Kier alpha value is -1.85. The molecule has 0 aromatic heterocycles. The van der Waals surface area contributed by atoms with Gasteiger partial charge in [-0.05, 0) is 16.2 Å². The highest BCUT2D eigenvalue weighted by Crippen LogP contribution is 2.18. The van der Waals surface area contributed by atoms with E-state index in [1.807, 2.05) is 12.1 Å². The summed E-state index contributed by atoms with van der Waals surface area (Å²) in [6.45, 7) is 0. The Morgan fingerprint density at radius 2 is 1.88 bits per heavy atom. The van der Waals surface area contributed by atoms with E-state index in [-0.39, 0.29) is 11.0 Å². The summed E-state index contributed by atoms with van der Waals surface area (Å²) >= 11 is 0. The van der Waals surface area contributed by atoms with Crippen LogP contribution in [0.1, 0.15) is 10.4 Å². The van der Waals surface area contributed by atoms with Gasteiger partial charge in [-0.1, -0.05) is 36.4 Å². The van der Waals surface area contributed by atoms with Crippen molar-refractivity contribution in [1.82, 2.24) is 0 Å². The van der Waals surface area contributed by atoms with E-state index in [0.29, 0.717) is 5.39 Å². The number of carbonyl (C=O) groups is 1. The second-order valence-corrected chi connectivity index (χ2v) is 3.62. The predicted molar refractivity (Wildman–Crippen MR) is 65.1 cm³/mol. The van der Waals surface area contributed by atoms with Gasteiger partial charge in [0.05, 0.1) is 12.7 Å². The summed E-state index contributed by atoms with van der Waals surface area (Å²) in [5.41, 5.74) is 0.344. The van der Waals surface area contributed by atoms with Crippen molar-refractivity contribution in [2.75, 3.05) is 7.11 Å². The van der Waals surface area contributed by atoms with Crippen LogP contribution in [0.3, 0.4) is 0 Å². The zero-order valence-corrected chi connectivity index (χ0v) is 9.25. The van der Waals surface area contributed by atoms with Crippen LogP contribution in [0.25, 0.3) is 10.8 Å². The fourth-order valence-corrected chi connectivity index (χ4v) is 1.83. The van der Waals surface area contributed by atoms with Crippen molar-refractivity contribution in [2.24, 2.45) is 0 Å². The van der Waals surface area contributed by atoms with E-state index < -0.39 is 13.1 Å². The van der Waals surface area contributed by atoms with Crippen molar-refractivity contribution >= 4 is 29.3 Å². The van der Waals surface area contributed by atoms with Crippen molar-refractivity contribution in [3.63, 3.8) is 0 Å². The largest absolute Gasteiger partial charge is 0.489 e. The smallest absolute Gasteiger partial charge is 0.465 e. The molecule has 0 aliphatic rings. The maximum atomic E-state index is 11.7. The summed E-state index contributed by atoms with van der Waals surface area (Å²) in [4.78, 5) is 11.7. The van der Waals surface area contributed by atoms with Crippen molar-refractivity contribution < 1.29 is 19.6 Å². The van der Waals surface area contributed by atoms with Crippen LogP contribution in [0.5, 0.6) is 0 Å². The maximum Gasteiger partial charge on any atom is 0.489 e. The molecule has 0 atom stereocenters. The summed E-state index contributed by atoms with van der Waals surface area (Å²) in [7, 11) is -0.439. The van der Waals surface area contributed by atoms with Gasteiger partial charge in [-0.2, -0.15) is 0 Å². The van der Waals surface area contributed by atoms with E-state index >= 15 is 0 Å². The molecule has 2 aromatic rings. The first-order valence-corrected chi connectivity index (χ1v) is 5.11. The van der Waals surface area contributed by atoms with Crippen LogP contribution in [-0.2, 0) is 4.74 Å². The molecule has 2 rings (SSSR count). The second kappa shape index (κ2) is 4.57. The summed E-state index contributed by atoms with van der Waals surface area (Å²) < 4.78 is 4.67. The average Bonchev–Trinajstić information content (AvgIpc) is 2.36. The van der Waals surface area contributed by atoms with Crippen LogP contribution >= 0.6 is 0 Å². The minimum absolute atomic E-state index is 0.149. The monoisotopic (exact) mass is 230 g/mol. The van der Waals surface area contributed by atoms with Crippen molar-refractivity contribution in [3.05, 3.63) is 42.0 Å². The molecule has 0 radical (unpaired) electrons. The van der Waals surface area contributed by atoms with Gasteiger partial charge in [-0.3, -0.25) is 0 Å². The molecule has 86 valence electrons. The number of methoxy groups -OCH3 is 1. The highest BCUT2D eigenvalue weighted by atomic mass is 16.5. The summed E-state index contributed by atoms with van der Waals surface area (Å²) in [6, 6.07) is 10.5. The van der Waals surface area contributed by atoms with E-state index in [1.165, 1.54) is 13.2 Å². The molecule has 0 heterocycles. The zero-order valence-electron chi connectivity index (χ0n) is 9.25. The number of carbonyl (C=O) groups excluding carboxylic acids is 1. The number of benzene rings is 2. The Morgan fingerprint density at radius 1 is 1.18 bits per heavy atom. The first-order valence-electron chi connectivity index (χ1n) is 5.11. The second-order valence-electron chi connectivity index (χ2n) is 3.62. The zero-order chi connectivity index (χ0) is 12.4. The average molecular weight is 230 g/mol. The third kappa shape index (κ3) is 2.02. The Bertz CT molecular complexity index is 565. The molecule has 4 nitrogen and oxygen atoms in total. The van der Waals surface area contributed by atoms with E-state index in [1.54, 1.807) is 18.2 Å². The molecule has 0 amide bonds. The lowest BCUT2D eigenvalue weighted by molar-refractivity contribution is 0.0604. The molecule has 0 saturated carbocycles.